The minimum atomic E-state index is -1.29. The summed E-state index contributed by atoms with van der Waals surface area (Å²) in [6.45, 7) is 10.7. The highest BCUT2D eigenvalue weighted by atomic mass is 17.0. The van der Waals surface area contributed by atoms with Gasteiger partial charge in [0, 0.05) is 32.6 Å². The molecular formula is C46H63N5O16. The zero-order chi connectivity index (χ0) is 49.7. The number of hydrogen-bond donors (Lipinski definition) is 3. The maximum Gasteiger partial charge on any atom is 0.514 e. The lowest BCUT2D eigenvalue weighted by Crippen LogP contribution is -2.51. The van der Waals surface area contributed by atoms with E-state index in [2.05, 4.69) is 20.3 Å². The molecular weight excluding hydrogens is 879 g/mol. The molecule has 0 aliphatic heterocycles. The van der Waals surface area contributed by atoms with Gasteiger partial charge in [-0.25, -0.2) is 9.59 Å². The van der Waals surface area contributed by atoms with E-state index < -0.39 is 70.9 Å². The molecule has 0 saturated heterocycles. The molecule has 4 unspecified atom stereocenters. The summed E-state index contributed by atoms with van der Waals surface area (Å²) in [6, 6.07) is 16.2. The van der Waals surface area contributed by atoms with E-state index in [-0.39, 0.29) is 48.6 Å². The van der Waals surface area contributed by atoms with Crippen LogP contribution in [-0.4, -0.2) is 80.4 Å². The van der Waals surface area contributed by atoms with E-state index in [1.54, 1.807) is 46.9 Å². The molecule has 0 saturated carbocycles. The summed E-state index contributed by atoms with van der Waals surface area (Å²) >= 11 is 0. The molecule has 67 heavy (non-hydrogen) atoms. The van der Waals surface area contributed by atoms with Crippen LogP contribution in [0.2, 0.25) is 0 Å². The SMILES string of the molecule is COCCCOc1cc(CC(CC(NC(=O)Oc2cccc(CO[N+](=O)[O-])c2)C(CC(C(=O)NCC(C)(C)C(N)=O)C(C)C)OC(=O)Oc2cccc(CO[N+](=O)[O-])c2)C(C)C)ccc1OC. The van der Waals surface area contributed by atoms with Gasteiger partial charge < -0.3 is 54.5 Å². The summed E-state index contributed by atoms with van der Waals surface area (Å²) in [5, 5.41) is 25.5. The summed E-state index contributed by atoms with van der Waals surface area (Å²) in [5.74, 6) is -1.63. The quantitative estimate of drug-likeness (QED) is 0.0213. The Hall–Kier alpha value is -6.90. The van der Waals surface area contributed by atoms with Gasteiger partial charge in [0.15, 0.2) is 11.5 Å². The number of methoxy groups -OCH3 is 2. The number of nitrogens with one attached hydrogen (secondary N) is 2. The van der Waals surface area contributed by atoms with Gasteiger partial charge in [-0.2, -0.15) is 0 Å². The van der Waals surface area contributed by atoms with Gasteiger partial charge in [-0.1, -0.05) is 58.0 Å². The highest BCUT2D eigenvalue weighted by molar-refractivity contribution is 5.83. The number of amides is 3. The van der Waals surface area contributed by atoms with E-state index in [9.17, 15) is 39.4 Å². The second-order valence-corrected chi connectivity index (χ2v) is 17.1. The smallest absolute Gasteiger partial charge is 0.493 e. The molecule has 21 heteroatoms. The highest BCUT2D eigenvalue weighted by Crippen LogP contribution is 2.33. The Morgan fingerprint density at radius 2 is 1.37 bits per heavy atom. The molecule has 0 aromatic heterocycles. The van der Waals surface area contributed by atoms with E-state index in [1.807, 2.05) is 26.0 Å². The molecule has 3 amide bonds. The Bertz CT molecular complexity index is 2120. The Labute approximate surface area is 389 Å². The summed E-state index contributed by atoms with van der Waals surface area (Å²) in [4.78, 5) is 84.6. The van der Waals surface area contributed by atoms with Crippen LogP contribution in [0.1, 0.15) is 77.5 Å². The minimum absolute atomic E-state index is 0.0201. The van der Waals surface area contributed by atoms with Crippen LogP contribution >= 0.6 is 0 Å². The molecule has 3 aromatic carbocycles. The largest absolute Gasteiger partial charge is 0.514 e. The molecule has 0 fully saturated rings. The van der Waals surface area contributed by atoms with E-state index in [1.165, 1.54) is 49.6 Å². The number of rotatable bonds is 29. The third-order valence-electron chi connectivity index (χ3n) is 10.9. The number of carbonyl (C=O) groups is 4. The van der Waals surface area contributed by atoms with Crippen LogP contribution in [0.25, 0.3) is 0 Å². The molecule has 368 valence electrons. The fourth-order valence-corrected chi connectivity index (χ4v) is 6.81. The van der Waals surface area contributed by atoms with Crippen LogP contribution in [0.15, 0.2) is 66.7 Å². The predicted octanol–water partition coefficient (Wildman–Crippen LogP) is 6.76. The van der Waals surface area contributed by atoms with Crippen LogP contribution in [0.5, 0.6) is 23.0 Å². The number of carbonyl (C=O) groups excluding carboxylic acids is 4. The second kappa shape index (κ2) is 26.9. The van der Waals surface area contributed by atoms with Gasteiger partial charge >= 0.3 is 12.2 Å². The molecule has 0 spiro atoms. The predicted molar refractivity (Wildman–Crippen MR) is 241 cm³/mol. The first kappa shape index (κ1) is 54.4. The first-order valence-electron chi connectivity index (χ1n) is 21.7. The van der Waals surface area contributed by atoms with Gasteiger partial charge in [0.1, 0.15) is 30.8 Å². The highest BCUT2D eigenvalue weighted by Gasteiger charge is 2.37. The van der Waals surface area contributed by atoms with Crippen molar-refractivity contribution in [2.24, 2.45) is 34.8 Å². The molecule has 3 rings (SSSR count). The number of ether oxygens (including phenoxy) is 6. The lowest BCUT2D eigenvalue weighted by atomic mass is 9.80. The number of nitrogens with two attached hydrogens (primary N) is 1. The van der Waals surface area contributed by atoms with Crippen molar-refractivity contribution < 1.29 is 67.4 Å². The van der Waals surface area contributed by atoms with Crippen molar-refractivity contribution in [2.75, 3.05) is 34.0 Å². The van der Waals surface area contributed by atoms with E-state index in [4.69, 9.17) is 34.2 Å². The van der Waals surface area contributed by atoms with Crippen molar-refractivity contribution >= 4 is 24.1 Å². The molecule has 0 aliphatic rings. The molecule has 21 nitrogen and oxygen atoms in total. The number of hydrogen-bond acceptors (Lipinski definition) is 16. The van der Waals surface area contributed by atoms with E-state index in [0.29, 0.717) is 48.7 Å². The second-order valence-electron chi connectivity index (χ2n) is 17.1. The zero-order valence-electron chi connectivity index (χ0n) is 39.2. The third-order valence-corrected chi connectivity index (χ3v) is 10.9. The Balaban J connectivity index is 2.11. The van der Waals surface area contributed by atoms with E-state index in [0.717, 1.165) is 5.56 Å². The van der Waals surface area contributed by atoms with Crippen LogP contribution in [0.4, 0.5) is 9.59 Å². The minimum Gasteiger partial charge on any atom is -0.493 e. The van der Waals surface area contributed by atoms with Crippen molar-refractivity contribution in [3.8, 4) is 23.0 Å². The first-order valence-corrected chi connectivity index (χ1v) is 21.7. The standard InChI is InChI=1S/C46H63N5O16/c1-29(2)34(20-31-16-17-39(61-8)41(23-31)62-19-11-18-60-7)24-38(49-44(54)65-35-14-9-12-32(21-35)26-63-50(56)57)40(25-37(30(3)4)42(52)48-28-46(5,6)43(47)53)67-45(55)66-36-15-10-13-33(22-36)27-64-51(58)59/h9-10,12-17,21-23,29-30,34,37-38,40H,11,18-20,24-28H2,1-8H3,(H2,47,53)(H,48,52)(H,49,54). The van der Waals surface area contributed by atoms with Crippen molar-refractivity contribution in [3.05, 3.63) is 104 Å². The summed E-state index contributed by atoms with van der Waals surface area (Å²) in [5.41, 5.74) is 6.00. The molecule has 4 N–H and O–H groups in total. The average molecular weight is 942 g/mol. The topological polar surface area (TPSA) is 278 Å². The van der Waals surface area contributed by atoms with Gasteiger partial charge in [0.25, 0.3) is 10.2 Å². The molecule has 0 aliphatic carbocycles. The monoisotopic (exact) mass is 941 g/mol. The summed E-state index contributed by atoms with van der Waals surface area (Å²) in [7, 11) is 3.14. The normalized spacial score (nSPS) is 13.0. The number of primary amides is 1. The maximum atomic E-state index is 14.0. The van der Waals surface area contributed by atoms with Crippen molar-refractivity contribution in [2.45, 2.75) is 92.6 Å². The van der Waals surface area contributed by atoms with Crippen LogP contribution in [0.3, 0.4) is 0 Å². The van der Waals surface area contributed by atoms with Gasteiger partial charge in [0.05, 0.1) is 25.2 Å². The number of benzene rings is 3. The average Bonchev–Trinajstić information content (AvgIpc) is 3.26. The van der Waals surface area contributed by atoms with Crippen molar-refractivity contribution in [3.63, 3.8) is 0 Å². The molecule has 0 radical (unpaired) electrons. The van der Waals surface area contributed by atoms with Gasteiger partial charge in [-0.3, -0.25) is 9.59 Å². The Kier molecular flexibility index (Phi) is 21.9. The Morgan fingerprint density at radius 3 is 1.91 bits per heavy atom. The lowest BCUT2D eigenvalue weighted by molar-refractivity contribution is -0.763. The van der Waals surface area contributed by atoms with Crippen LogP contribution in [0, 0.1) is 49.3 Å². The van der Waals surface area contributed by atoms with Gasteiger partial charge in [0.2, 0.25) is 11.8 Å². The molecule has 0 bridgehead atoms. The first-order chi connectivity index (χ1) is 31.7. The van der Waals surface area contributed by atoms with Crippen LogP contribution < -0.4 is 35.3 Å². The fourth-order valence-electron chi connectivity index (χ4n) is 6.81. The molecule has 3 aromatic rings. The van der Waals surface area contributed by atoms with Crippen molar-refractivity contribution in [1.82, 2.24) is 10.6 Å². The summed E-state index contributed by atoms with van der Waals surface area (Å²) in [6.07, 6.45) is -2.44. The van der Waals surface area contributed by atoms with Crippen molar-refractivity contribution in [1.29, 1.82) is 0 Å². The van der Waals surface area contributed by atoms with Gasteiger partial charge in [-0.15, -0.1) is 20.2 Å². The number of nitrogens with zero attached hydrogens (tertiary/aromatic N) is 2. The lowest BCUT2D eigenvalue weighted by Gasteiger charge is -2.34. The van der Waals surface area contributed by atoms with Gasteiger partial charge in [-0.05, 0) is 104 Å². The third kappa shape index (κ3) is 19.2. The summed E-state index contributed by atoms with van der Waals surface area (Å²) < 4.78 is 34.1. The molecule has 4 atom stereocenters. The Morgan fingerprint density at radius 1 is 0.761 bits per heavy atom. The zero-order valence-corrected chi connectivity index (χ0v) is 39.2. The van der Waals surface area contributed by atoms with Crippen LogP contribution in [-0.2, 0) is 48.4 Å². The fraction of sp³-hybridized carbons (Fsp3) is 0.522. The van der Waals surface area contributed by atoms with E-state index >= 15 is 0 Å². The maximum absolute atomic E-state index is 14.0. The molecule has 0 heterocycles.